The lowest BCUT2D eigenvalue weighted by atomic mass is 9.93. The van der Waals surface area contributed by atoms with Gasteiger partial charge in [-0.3, -0.25) is 10.00 Å². The lowest BCUT2D eigenvalue weighted by molar-refractivity contribution is 0.0592. The van der Waals surface area contributed by atoms with Crippen LogP contribution in [0.15, 0.2) is 48.7 Å². The normalized spacial score (nSPS) is 15.2. The summed E-state index contributed by atoms with van der Waals surface area (Å²) in [4.78, 5) is 23.9. The SMILES string of the molecule is COC(=O)c1ccc(NC(=O)NC2CCCc3c2cnn3Cc2ccccc2)nn1. The lowest BCUT2D eigenvalue weighted by Gasteiger charge is -2.24. The Balaban J connectivity index is 1.41. The van der Waals surface area contributed by atoms with Gasteiger partial charge in [0.2, 0.25) is 0 Å². The Bertz CT molecular complexity index is 1030. The molecule has 4 rings (SSSR count). The van der Waals surface area contributed by atoms with Gasteiger partial charge >= 0.3 is 12.0 Å². The van der Waals surface area contributed by atoms with Crippen molar-refractivity contribution in [3.63, 3.8) is 0 Å². The van der Waals surface area contributed by atoms with Gasteiger partial charge in [-0.15, -0.1) is 10.2 Å². The highest BCUT2D eigenvalue weighted by Gasteiger charge is 2.25. The van der Waals surface area contributed by atoms with Gasteiger partial charge in [-0.2, -0.15) is 5.10 Å². The number of fused-ring (bicyclic) bond motifs is 1. The van der Waals surface area contributed by atoms with Crippen molar-refractivity contribution in [1.29, 1.82) is 0 Å². The molecule has 0 aliphatic heterocycles. The molecule has 2 amide bonds. The van der Waals surface area contributed by atoms with Gasteiger partial charge < -0.3 is 10.1 Å². The summed E-state index contributed by atoms with van der Waals surface area (Å²) in [6.45, 7) is 0.706. The van der Waals surface area contributed by atoms with E-state index in [9.17, 15) is 9.59 Å². The molecular weight excluding hydrogens is 384 g/mol. The number of carbonyl (C=O) groups excluding carboxylic acids is 2. The molecule has 1 aromatic carbocycles. The maximum absolute atomic E-state index is 12.5. The fraction of sp³-hybridized carbons (Fsp3) is 0.286. The van der Waals surface area contributed by atoms with Gasteiger partial charge in [-0.1, -0.05) is 30.3 Å². The van der Waals surface area contributed by atoms with Crippen molar-refractivity contribution in [2.75, 3.05) is 12.4 Å². The number of anilines is 1. The van der Waals surface area contributed by atoms with E-state index in [1.165, 1.54) is 24.8 Å². The minimum Gasteiger partial charge on any atom is -0.464 e. The Kier molecular flexibility index (Phi) is 5.69. The lowest BCUT2D eigenvalue weighted by Crippen LogP contribution is -2.34. The maximum Gasteiger partial charge on any atom is 0.358 e. The third kappa shape index (κ3) is 4.29. The average Bonchev–Trinajstić information content (AvgIpc) is 3.18. The van der Waals surface area contributed by atoms with E-state index < -0.39 is 5.97 Å². The van der Waals surface area contributed by atoms with Gasteiger partial charge in [0.15, 0.2) is 11.5 Å². The van der Waals surface area contributed by atoms with E-state index in [2.05, 4.69) is 42.8 Å². The zero-order valence-corrected chi connectivity index (χ0v) is 16.5. The second kappa shape index (κ2) is 8.73. The van der Waals surface area contributed by atoms with Gasteiger partial charge in [0.1, 0.15) is 0 Å². The second-order valence-electron chi connectivity index (χ2n) is 7.03. The third-order valence-electron chi connectivity index (χ3n) is 5.04. The number of methoxy groups -OCH3 is 1. The Morgan fingerprint density at radius 2 is 2.00 bits per heavy atom. The van der Waals surface area contributed by atoms with Crippen molar-refractivity contribution < 1.29 is 14.3 Å². The number of hydrogen-bond donors (Lipinski definition) is 2. The van der Waals surface area contributed by atoms with Crippen molar-refractivity contribution in [2.45, 2.75) is 31.8 Å². The maximum atomic E-state index is 12.5. The van der Waals surface area contributed by atoms with Crippen LogP contribution in [0.3, 0.4) is 0 Å². The predicted octanol–water partition coefficient (Wildman–Crippen LogP) is 2.71. The first-order valence-electron chi connectivity index (χ1n) is 9.72. The highest BCUT2D eigenvalue weighted by Crippen LogP contribution is 2.30. The van der Waals surface area contributed by atoms with E-state index in [0.717, 1.165) is 30.5 Å². The van der Waals surface area contributed by atoms with Crippen LogP contribution in [0.4, 0.5) is 10.6 Å². The van der Waals surface area contributed by atoms with Crippen molar-refractivity contribution in [3.05, 3.63) is 71.2 Å². The Labute approximate surface area is 173 Å². The first-order valence-corrected chi connectivity index (χ1v) is 9.72. The summed E-state index contributed by atoms with van der Waals surface area (Å²) in [7, 11) is 1.27. The smallest absolute Gasteiger partial charge is 0.358 e. The van der Waals surface area contributed by atoms with Gasteiger partial charge in [0.25, 0.3) is 0 Å². The zero-order chi connectivity index (χ0) is 20.9. The van der Waals surface area contributed by atoms with Gasteiger partial charge in [0, 0.05) is 11.3 Å². The second-order valence-corrected chi connectivity index (χ2v) is 7.03. The molecule has 9 nitrogen and oxygen atoms in total. The third-order valence-corrected chi connectivity index (χ3v) is 5.04. The standard InChI is InChI=1S/C21H22N6O3/c1-30-20(28)17-10-11-19(26-25-17)24-21(29)23-16-8-5-9-18-15(16)12-22-27(18)13-14-6-3-2-4-7-14/h2-4,6-7,10-12,16H,5,8-9,13H2,1H3,(H2,23,24,26,29). The van der Waals surface area contributed by atoms with Crippen LogP contribution in [0, 0.1) is 0 Å². The first kappa shape index (κ1) is 19.6. The molecule has 0 fully saturated rings. The Morgan fingerprint density at radius 3 is 2.73 bits per heavy atom. The van der Waals surface area contributed by atoms with E-state index in [1.54, 1.807) is 0 Å². The van der Waals surface area contributed by atoms with E-state index >= 15 is 0 Å². The number of carbonyl (C=O) groups is 2. The summed E-state index contributed by atoms with van der Waals surface area (Å²) < 4.78 is 6.59. The summed E-state index contributed by atoms with van der Waals surface area (Å²) in [6, 6.07) is 12.6. The molecule has 3 aromatic rings. The van der Waals surface area contributed by atoms with E-state index in [-0.39, 0.29) is 23.6 Å². The minimum absolute atomic E-state index is 0.0752. The van der Waals surface area contributed by atoms with Crippen LogP contribution < -0.4 is 10.6 Å². The van der Waals surface area contributed by atoms with Crippen molar-refractivity contribution in [1.82, 2.24) is 25.3 Å². The molecular formula is C21H22N6O3. The summed E-state index contributed by atoms with van der Waals surface area (Å²) in [5.74, 6) is -0.336. The number of aromatic nitrogens is 4. The van der Waals surface area contributed by atoms with Crippen LogP contribution in [0.1, 0.15) is 46.2 Å². The van der Waals surface area contributed by atoms with E-state index in [1.807, 2.05) is 29.1 Å². The van der Waals surface area contributed by atoms with Gasteiger partial charge in [-0.25, -0.2) is 9.59 Å². The van der Waals surface area contributed by atoms with Crippen molar-refractivity contribution >= 4 is 17.8 Å². The summed E-state index contributed by atoms with van der Waals surface area (Å²) in [5.41, 5.74) is 3.45. The van der Waals surface area contributed by atoms with Crippen LogP contribution in [0.5, 0.6) is 0 Å². The molecule has 1 aliphatic rings. The number of nitrogens with zero attached hydrogens (tertiary/aromatic N) is 4. The van der Waals surface area contributed by atoms with E-state index in [4.69, 9.17) is 0 Å². The average molecular weight is 406 g/mol. The quantitative estimate of drug-likeness (QED) is 0.630. The number of ether oxygens (including phenoxy) is 1. The summed E-state index contributed by atoms with van der Waals surface area (Å²) >= 11 is 0. The molecule has 0 spiro atoms. The van der Waals surface area contributed by atoms with Crippen molar-refractivity contribution in [2.24, 2.45) is 0 Å². The highest BCUT2D eigenvalue weighted by atomic mass is 16.5. The summed E-state index contributed by atoms with van der Waals surface area (Å²) in [5, 5.41) is 17.8. The van der Waals surface area contributed by atoms with Crippen LogP contribution in [-0.4, -0.2) is 39.1 Å². The molecule has 0 radical (unpaired) electrons. The molecule has 1 atom stereocenters. The number of rotatable bonds is 5. The number of nitrogens with one attached hydrogen (secondary N) is 2. The van der Waals surface area contributed by atoms with Crippen LogP contribution in [0.25, 0.3) is 0 Å². The summed E-state index contributed by atoms with van der Waals surface area (Å²) in [6.07, 6.45) is 4.58. The molecule has 2 heterocycles. The molecule has 1 unspecified atom stereocenters. The Morgan fingerprint density at radius 1 is 1.17 bits per heavy atom. The molecule has 30 heavy (non-hydrogen) atoms. The first-order chi connectivity index (χ1) is 14.6. The molecule has 9 heteroatoms. The molecule has 2 aromatic heterocycles. The zero-order valence-electron chi connectivity index (χ0n) is 16.5. The molecule has 0 saturated heterocycles. The number of hydrogen-bond acceptors (Lipinski definition) is 6. The van der Waals surface area contributed by atoms with Crippen LogP contribution in [0.2, 0.25) is 0 Å². The number of benzene rings is 1. The topological polar surface area (TPSA) is 111 Å². The molecule has 0 bridgehead atoms. The monoisotopic (exact) mass is 406 g/mol. The number of amides is 2. The Hall–Kier alpha value is -3.75. The van der Waals surface area contributed by atoms with Crippen molar-refractivity contribution in [3.8, 4) is 0 Å². The highest BCUT2D eigenvalue weighted by molar-refractivity contribution is 5.89. The van der Waals surface area contributed by atoms with Crippen LogP contribution >= 0.6 is 0 Å². The minimum atomic E-state index is -0.583. The molecule has 1 aliphatic carbocycles. The predicted molar refractivity (Wildman–Crippen MR) is 109 cm³/mol. The van der Waals surface area contributed by atoms with Gasteiger partial charge in [0.05, 0.1) is 25.9 Å². The van der Waals surface area contributed by atoms with Gasteiger partial charge in [-0.05, 0) is 37.0 Å². The van der Waals surface area contributed by atoms with Crippen LogP contribution in [-0.2, 0) is 17.7 Å². The molecule has 0 saturated carbocycles. The molecule has 154 valence electrons. The largest absolute Gasteiger partial charge is 0.464 e. The van der Waals surface area contributed by atoms with E-state index in [0.29, 0.717) is 6.54 Å². The molecule has 2 N–H and O–H groups in total. The number of urea groups is 1. The number of esters is 1. The fourth-order valence-electron chi connectivity index (χ4n) is 3.58. The fourth-order valence-corrected chi connectivity index (χ4v) is 3.58.